The first kappa shape index (κ1) is 23.0. The molecule has 1 aliphatic rings. The second kappa shape index (κ2) is 10.2. The molecular weight excluding hydrogens is 434 g/mol. The van der Waals surface area contributed by atoms with Crippen LogP contribution in [0.3, 0.4) is 0 Å². The number of carbonyl (C=O) groups is 1. The Hall–Kier alpha value is -3.16. The van der Waals surface area contributed by atoms with Crippen LogP contribution in [-0.4, -0.2) is 57.4 Å². The van der Waals surface area contributed by atoms with Crippen molar-refractivity contribution in [3.05, 3.63) is 96.1 Å². The zero-order chi connectivity index (χ0) is 23.3. The topological polar surface area (TPSA) is 60.9 Å². The third-order valence-electron chi connectivity index (χ3n) is 5.98. The van der Waals surface area contributed by atoms with E-state index in [4.69, 9.17) is 0 Å². The van der Waals surface area contributed by atoms with Gasteiger partial charge in [-0.1, -0.05) is 54.6 Å². The van der Waals surface area contributed by atoms with Crippen molar-refractivity contribution in [3.63, 3.8) is 0 Å². The summed E-state index contributed by atoms with van der Waals surface area (Å²) in [5, 5.41) is 0. The third kappa shape index (κ3) is 5.43. The fourth-order valence-electron chi connectivity index (χ4n) is 4.08. The van der Waals surface area contributed by atoms with Crippen LogP contribution < -0.4 is 4.31 Å². The SMILES string of the molecule is CN(c1ccccc1)S(=O)(=O)c1cccc(C(=O)N2CCCN(Cc3ccccc3)CC2)c1. The Balaban J connectivity index is 1.46. The van der Waals surface area contributed by atoms with E-state index in [1.807, 2.05) is 29.2 Å². The van der Waals surface area contributed by atoms with E-state index in [2.05, 4.69) is 17.0 Å². The fraction of sp³-hybridized carbons (Fsp3) is 0.269. The summed E-state index contributed by atoms with van der Waals surface area (Å²) in [6, 6.07) is 25.6. The average molecular weight is 464 g/mol. The largest absolute Gasteiger partial charge is 0.337 e. The summed E-state index contributed by atoms with van der Waals surface area (Å²) in [5.41, 5.74) is 2.23. The van der Waals surface area contributed by atoms with Gasteiger partial charge in [0, 0.05) is 45.3 Å². The van der Waals surface area contributed by atoms with E-state index in [0.717, 1.165) is 26.1 Å². The first-order chi connectivity index (χ1) is 15.9. The maximum Gasteiger partial charge on any atom is 0.264 e. The fourth-order valence-corrected chi connectivity index (χ4v) is 5.32. The van der Waals surface area contributed by atoms with Crippen molar-refractivity contribution in [2.24, 2.45) is 0 Å². The highest BCUT2D eigenvalue weighted by atomic mass is 32.2. The van der Waals surface area contributed by atoms with Crippen LogP contribution in [0.15, 0.2) is 89.8 Å². The van der Waals surface area contributed by atoms with E-state index < -0.39 is 10.0 Å². The number of hydrogen-bond donors (Lipinski definition) is 0. The minimum atomic E-state index is -3.77. The number of hydrogen-bond acceptors (Lipinski definition) is 4. The van der Waals surface area contributed by atoms with Crippen molar-refractivity contribution >= 4 is 21.6 Å². The first-order valence-corrected chi connectivity index (χ1v) is 12.6. The molecular formula is C26H29N3O3S. The molecule has 0 bridgehead atoms. The molecule has 3 aromatic carbocycles. The van der Waals surface area contributed by atoms with Crippen LogP contribution in [0.1, 0.15) is 22.3 Å². The molecule has 0 aliphatic carbocycles. The summed E-state index contributed by atoms with van der Waals surface area (Å²) in [6.45, 7) is 3.85. The van der Waals surface area contributed by atoms with Crippen molar-refractivity contribution in [2.45, 2.75) is 17.9 Å². The number of carbonyl (C=O) groups excluding carboxylic acids is 1. The van der Waals surface area contributed by atoms with Gasteiger partial charge in [0.2, 0.25) is 0 Å². The Kier molecular flexibility index (Phi) is 7.11. The molecule has 7 heteroatoms. The molecule has 0 aromatic heterocycles. The molecule has 1 amide bonds. The Morgan fingerprint density at radius 2 is 1.55 bits per heavy atom. The van der Waals surface area contributed by atoms with Crippen molar-refractivity contribution < 1.29 is 13.2 Å². The molecule has 0 radical (unpaired) electrons. The summed E-state index contributed by atoms with van der Waals surface area (Å²) in [7, 11) is -2.25. The molecule has 6 nitrogen and oxygen atoms in total. The Bertz CT molecular complexity index is 1180. The molecule has 3 aromatic rings. The second-order valence-electron chi connectivity index (χ2n) is 8.24. The van der Waals surface area contributed by atoms with Gasteiger partial charge in [-0.05, 0) is 42.3 Å². The summed E-state index contributed by atoms with van der Waals surface area (Å²) in [5.74, 6) is -0.129. The second-order valence-corrected chi connectivity index (χ2v) is 10.2. The van der Waals surface area contributed by atoms with Crippen LogP contribution in [0, 0.1) is 0 Å². The molecule has 0 N–H and O–H groups in total. The Morgan fingerprint density at radius 1 is 0.848 bits per heavy atom. The summed E-state index contributed by atoms with van der Waals surface area (Å²) < 4.78 is 27.5. The van der Waals surface area contributed by atoms with Crippen molar-refractivity contribution in [1.29, 1.82) is 0 Å². The smallest absolute Gasteiger partial charge is 0.264 e. The van der Waals surface area contributed by atoms with Gasteiger partial charge in [0.1, 0.15) is 0 Å². The number of nitrogens with zero attached hydrogens (tertiary/aromatic N) is 3. The molecule has 1 saturated heterocycles. The lowest BCUT2D eigenvalue weighted by Gasteiger charge is -2.23. The van der Waals surface area contributed by atoms with Crippen molar-refractivity contribution in [1.82, 2.24) is 9.80 Å². The van der Waals surface area contributed by atoms with Crippen molar-refractivity contribution in [3.8, 4) is 0 Å². The lowest BCUT2D eigenvalue weighted by atomic mass is 10.2. The highest BCUT2D eigenvalue weighted by molar-refractivity contribution is 7.92. The van der Waals surface area contributed by atoms with Gasteiger partial charge in [-0.3, -0.25) is 14.0 Å². The lowest BCUT2D eigenvalue weighted by Crippen LogP contribution is -2.35. The number of rotatable bonds is 6. The van der Waals surface area contributed by atoms with E-state index in [9.17, 15) is 13.2 Å². The Labute approximate surface area is 196 Å². The molecule has 1 fully saturated rings. The molecule has 33 heavy (non-hydrogen) atoms. The molecule has 172 valence electrons. The van der Waals surface area contributed by atoms with Gasteiger partial charge in [0.05, 0.1) is 10.6 Å². The number of benzene rings is 3. The normalized spacial score (nSPS) is 15.1. The maximum atomic E-state index is 13.2. The number of amides is 1. The monoisotopic (exact) mass is 463 g/mol. The highest BCUT2D eigenvalue weighted by Gasteiger charge is 2.25. The van der Waals surface area contributed by atoms with Gasteiger partial charge in [-0.15, -0.1) is 0 Å². The zero-order valence-electron chi connectivity index (χ0n) is 18.8. The van der Waals surface area contributed by atoms with E-state index in [1.54, 1.807) is 36.4 Å². The number of sulfonamides is 1. The van der Waals surface area contributed by atoms with Crippen LogP contribution in [0.5, 0.6) is 0 Å². The lowest BCUT2D eigenvalue weighted by molar-refractivity contribution is 0.0761. The highest BCUT2D eigenvalue weighted by Crippen LogP contribution is 2.23. The van der Waals surface area contributed by atoms with Crippen LogP contribution in [0.2, 0.25) is 0 Å². The quantitative estimate of drug-likeness (QED) is 0.557. The molecule has 0 spiro atoms. The third-order valence-corrected chi connectivity index (χ3v) is 7.77. The maximum absolute atomic E-state index is 13.2. The molecule has 0 saturated carbocycles. The van der Waals surface area contributed by atoms with E-state index in [-0.39, 0.29) is 10.8 Å². The molecule has 4 rings (SSSR count). The molecule has 0 atom stereocenters. The summed E-state index contributed by atoms with van der Waals surface area (Å²) >= 11 is 0. The zero-order valence-corrected chi connectivity index (χ0v) is 19.6. The van der Waals surface area contributed by atoms with Gasteiger partial charge in [0.15, 0.2) is 0 Å². The predicted octanol–water partition coefficient (Wildman–Crippen LogP) is 3.86. The average Bonchev–Trinajstić information content (AvgIpc) is 3.10. The van der Waals surface area contributed by atoms with Gasteiger partial charge in [0.25, 0.3) is 15.9 Å². The standard InChI is InChI=1S/C26H29N3O3S/c1-27(24-13-6-3-7-14-24)33(31,32)25-15-8-12-23(20-25)26(30)29-17-9-16-28(18-19-29)21-22-10-4-2-5-11-22/h2-8,10-15,20H,9,16-19,21H2,1H3. The van der Waals surface area contributed by atoms with Gasteiger partial charge < -0.3 is 4.90 Å². The Morgan fingerprint density at radius 3 is 2.27 bits per heavy atom. The molecule has 0 unspecified atom stereocenters. The van der Waals surface area contributed by atoms with Crippen molar-refractivity contribution in [2.75, 3.05) is 37.5 Å². The number of para-hydroxylation sites is 1. The van der Waals surface area contributed by atoms with Gasteiger partial charge in [-0.2, -0.15) is 0 Å². The van der Waals surface area contributed by atoms with Crippen LogP contribution >= 0.6 is 0 Å². The predicted molar refractivity (Wildman–Crippen MR) is 131 cm³/mol. The summed E-state index contributed by atoms with van der Waals surface area (Å²) in [6.07, 6.45) is 0.882. The van der Waals surface area contributed by atoms with Gasteiger partial charge >= 0.3 is 0 Å². The minimum absolute atomic E-state index is 0.111. The first-order valence-electron chi connectivity index (χ1n) is 11.1. The van der Waals surface area contributed by atoms with E-state index >= 15 is 0 Å². The number of anilines is 1. The molecule has 1 aliphatic heterocycles. The van der Waals surface area contributed by atoms with Crippen LogP contribution in [0.25, 0.3) is 0 Å². The summed E-state index contributed by atoms with van der Waals surface area (Å²) in [4.78, 5) is 17.5. The minimum Gasteiger partial charge on any atom is -0.337 e. The van der Waals surface area contributed by atoms with Gasteiger partial charge in [-0.25, -0.2) is 8.42 Å². The van der Waals surface area contributed by atoms with E-state index in [0.29, 0.717) is 24.3 Å². The van der Waals surface area contributed by atoms with E-state index in [1.165, 1.54) is 29.0 Å². The van der Waals surface area contributed by atoms with Crippen LogP contribution in [-0.2, 0) is 16.6 Å². The molecule has 1 heterocycles. The van der Waals surface area contributed by atoms with Crippen LogP contribution in [0.4, 0.5) is 5.69 Å².